The molecule has 0 unspecified atom stereocenters. The van der Waals surface area contributed by atoms with E-state index in [1.807, 2.05) is 69.9 Å². The second-order valence-electron chi connectivity index (χ2n) is 8.60. The summed E-state index contributed by atoms with van der Waals surface area (Å²) >= 11 is 0. The van der Waals surface area contributed by atoms with Crippen LogP contribution in [0, 0.1) is 34.6 Å². The minimum absolute atomic E-state index is 0.0753. The van der Waals surface area contributed by atoms with Gasteiger partial charge in [-0.25, -0.2) is 0 Å². The molecule has 174 valence electrons. The number of aromatic hydroxyl groups is 3. The molecule has 0 fully saturated rings. The van der Waals surface area contributed by atoms with Crippen LogP contribution >= 0.6 is 0 Å². The maximum Gasteiger partial charge on any atom is 0.171 e. The van der Waals surface area contributed by atoms with E-state index in [1.54, 1.807) is 36.4 Å². The van der Waals surface area contributed by atoms with E-state index in [0.29, 0.717) is 22.9 Å². The Kier molecular flexibility index (Phi) is 6.12. The summed E-state index contributed by atoms with van der Waals surface area (Å²) in [6.07, 6.45) is 0. The summed E-state index contributed by atoms with van der Waals surface area (Å²) in [7, 11) is 0. The second-order valence-corrected chi connectivity index (χ2v) is 8.60. The van der Waals surface area contributed by atoms with E-state index in [1.165, 1.54) is 0 Å². The van der Waals surface area contributed by atoms with Gasteiger partial charge in [-0.2, -0.15) is 0 Å². The monoisotopic (exact) mass is 455 g/mol. The topological polar surface area (TPSA) is 73.2 Å². The van der Waals surface area contributed by atoms with Crippen LogP contribution in [0.25, 0.3) is 0 Å². The first kappa shape index (κ1) is 23.1. The van der Waals surface area contributed by atoms with E-state index in [4.69, 9.17) is 4.74 Å². The highest BCUT2D eigenvalue weighted by Crippen LogP contribution is 2.48. The summed E-state index contributed by atoms with van der Waals surface area (Å²) in [6, 6.07) is 19.7. The first-order valence-electron chi connectivity index (χ1n) is 11.1. The first-order valence-corrected chi connectivity index (χ1v) is 11.1. The van der Waals surface area contributed by atoms with Gasteiger partial charge in [-0.15, -0.1) is 0 Å². The Morgan fingerprint density at radius 2 is 1.09 bits per heavy atom. The number of aryl methyl sites for hydroxylation is 3. The quantitative estimate of drug-likeness (QED) is 0.289. The molecule has 0 saturated heterocycles. The minimum Gasteiger partial charge on any atom is -0.506 e. The molecule has 0 atom stereocenters. The maximum absolute atomic E-state index is 10.9. The highest BCUT2D eigenvalue weighted by molar-refractivity contribution is 5.87. The molecule has 4 rings (SSSR count). The van der Waals surface area contributed by atoms with Crippen LogP contribution < -0.4 is 9.64 Å². The summed E-state index contributed by atoms with van der Waals surface area (Å²) in [6.45, 7) is 9.77. The number of hydrogen-bond donors (Lipinski definition) is 3. The number of anilines is 3. The van der Waals surface area contributed by atoms with Crippen LogP contribution in [-0.2, 0) is 0 Å². The standard InChI is InChI=1S/C29H29NO4/c1-17-9-15-24(31)27(20(17)4)30(28-21(5)18(2)10-16-25(28)32)22-11-13-23(14-12-22)34-29-19(3)7-6-8-26(29)33/h6-16,31-33H,1-5H3. The summed E-state index contributed by atoms with van der Waals surface area (Å²) in [5, 5.41) is 32.0. The molecule has 5 nitrogen and oxygen atoms in total. The average Bonchev–Trinajstić information content (AvgIpc) is 2.81. The van der Waals surface area contributed by atoms with Crippen molar-refractivity contribution < 1.29 is 20.1 Å². The van der Waals surface area contributed by atoms with Crippen molar-refractivity contribution in [1.29, 1.82) is 0 Å². The second kappa shape index (κ2) is 9.02. The molecular formula is C29H29NO4. The predicted molar refractivity (Wildman–Crippen MR) is 136 cm³/mol. The number of phenols is 3. The number of nitrogens with zero attached hydrogens (tertiary/aromatic N) is 1. The smallest absolute Gasteiger partial charge is 0.171 e. The minimum atomic E-state index is 0.0753. The predicted octanol–water partition coefficient (Wildman–Crippen LogP) is 7.61. The van der Waals surface area contributed by atoms with E-state index in [9.17, 15) is 15.3 Å². The Morgan fingerprint density at radius 3 is 1.59 bits per heavy atom. The fourth-order valence-electron chi connectivity index (χ4n) is 4.06. The summed E-state index contributed by atoms with van der Waals surface area (Å²) in [5.74, 6) is 1.28. The molecule has 0 aliphatic carbocycles. The molecule has 5 heteroatoms. The maximum atomic E-state index is 10.9. The Morgan fingerprint density at radius 1 is 0.559 bits per heavy atom. The molecule has 0 aliphatic heterocycles. The van der Waals surface area contributed by atoms with Crippen molar-refractivity contribution in [3.63, 3.8) is 0 Å². The van der Waals surface area contributed by atoms with Gasteiger partial charge in [0, 0.05) is 5.69 Å². The summed E-state index contributed by atoms with van der Waals surface area (Å²) in [4.78, 5) is 1.88. The Labute approximate surface area is 200 Å². The highest BCUT2D eigenvalue weighted by Gasteiger charge is 2.24. The SMILES string of the molecule is Cc1ccc(O)c(N(c2ccc(Oc3c(C)cccc3O)cc2)c2c(O)ccc(C)c2C)c1C. The molecular weight excluding hydrogens is 426 g/mol. The van der Waals surface area contributed by atoms with E-state index in [-0.39, 0.29) is 17.2 Å². The van der Waals surface area contributed by atoms with Crippen LogP contribution in [0.15, 0.2) is 66.7 Å². The number of ether oxygens (including phenoxy) is 1. The van der Waals surface area contributed by atoms with Gasteiger partial charge in [0.05, 0.1) is 11.4 Å². The van der Waals surface area contributed by atoms with Crippen molar-refractivity contribution in [3.8, 4) is 28.7 Å². The normalized spacial score (nSPS) is 10.9. The fraction of sp³-hybridized carbons (Fsp3) is 0.172. The van der Waals surface area contributed by atoms with E-state index in [2.05, 4.69) is 0 Å². The lowest BCUT2D eigenvalue weighted by Crippen LogP contribution is -2.14. The van der Waals surface area contributed by atoms with Crippen molar-refractivity contribution in [2.75, 3.05) is 4.90 Å². The van der Waals surface area contributed by atoms with Crippen LogP contribution in [0.1, 0.15) is 27.8 Å². The molecule has 4 aromatic rings. The third-order valence-electron chi connectivity index (χ3n) is 6.31. The largest absolute Gasteiger partial charge is 0.506 e. The zero-order valence-electron chi connectivity index (χ0n) is 20.0. The van der Waals surface area contributed by atoms with E-state index >= 15 is 0 Å². The van der Waals surface area contributed by atoms with Crippen molar-refractivity contribution in [2.24, 2.45) is 0 Å². The molecule has 0 radical (unpaired) electrons. The number of phenolic OH excluding ortho intramolecular Hbond substituents is 3. The van der Waals surface area contributed by atoms with Crippen LogP contribution in [0.3, 0.4) is 0 Å². The molecule has 0 aliphatic rings. The Bertz CT molecular complexity index is 1280. The molecule has 3 N–H and O–H groups in total. The van der Waals surface area contributed by atoms with Crippen molar-refractivity contribution in [2.45, 2.75) is 34.6 Å². The van der Waals surface area contributed by atoms with Gasteiger partial charge < -0.3 is 25.0 Å². The van der Waals surface area contributed by atoms with Crippen LogP contribution in [0.4, 0.5) is 17.1 Å². The van der Waals surface area contributed by atoms with Gasteiger partial charge in [-0.1, -0.05) is 24.3 Å². The fourth-order valence-corrected chi connectivity index (χ4v) is 4.06. The van der Waals surface area contributed by atoms with Crippen LogP contribution in [-0.4, -0.2) is 15.3 Å². The molecule has 0 amide bonds. The molecule has 34 heavy (non-hydrogen) atoms. The molecule has 0 heterocycles. The van der Waals surface area contributed by atoms with Gasteiger partial charge in [-0.05, 0) is 105 Å². The van der Waals surface area contributed by atoms with Crippen LogP contribution in [0.5, 0.6) is 28.7 Å². The van der Waals surface area contributed by atoms with Gasteiger partial charge in [0.25, 0.3) is 0 Å². The zero-order valence-corrected chi connectivity index (χ0v) is 20.0. The van der Waals surface area contributed by atoms with Gasteiger partial charge in [0.15, 0.2) is 11.5 Å². The summed E-state index contributed by atoms with van der Waals surface area (Å²) in [5.41, 5.74) is 6.65. The molecule has 4 aromatic carbocycles. The van der Waals surface area contributed by atoms with Crippen molar-refractivity contribution in [3.05, 3.63) is 94.5 Å². The number of para-hydroxylation sites is 1. The lowest BCUT2D eigenvalue weighted by atomic mass is 10.0. The molecule has 0 spiro atoms. The Hall–Kier alpha value is -4.12. The van der Waals surface area contributed by atoms with Crippen molar-refractivity contribution in [1.82, 2.24) is 0 Å². The van der Waals surface area contributed by atoms with Crippen LogP contribution in [0.2, 0.25) is 0 Å². The van der Waals surface area contributed by atoms with Gasteiger partial charge in [-0.3, -0.25) is 0 Å². The summed E-state index contributed by atoms with van der Waals surface area (Å²) < 4.78 is 5.95. The zero-order chi connectivity index (χ0) is 24.6. The highest BCUT2D eigenvalue weighted by atomic mass is 16.5. The average molecular weight is 456 g/mol. The molecule has 0 aromatic heterocycles. The Balaban J connectivity index is 1.86. The number of benzene rings is 4. The van der Waals surface area contributed by atoms with Gasteiger partial charge in [0.1, 0.15) is 17.2 Å². The molecule has 0 bridgehead atoms. The lowest BCUT2D eigenvalue weighted by Gasteiger charge is -2.30. The number of rotatable bonds is 5. The number of hydrogen-bond acceptors (Lipinski definition) is 5. The van der Waals surface area contributed by atoms with E-state index < -0.39 is 0 Å². The van der Waals surface area contributed by atoms with Crippen molar-refractivity contribution >= 4 is 17.1 Å². The lowest BCUT2D eigenvalue weighted by molar-refractivity contribution is 0.409. The van der Waals surface area contributed by atoms with E-state index in [0.717, 1.165) is 33.5 Å². The third kappa shape index (κ3) is 4.13. The van der Waals surface area contributed by atoms with Gasteiger partial charge >= 0.3 is 0 Å². The third-order valence-corrected chi connectivity index (χ3v) is 6.31. The van der Waals surface area contributed by atoms with Gasteiger partial charge in [0.2, 0.25) is 0 Å². The molecule has 0 saturated carbocycles. The first-order chi connectivity index (χ1) is 16.2.